The Morgan fingerprint density at radius 2 is 2.00 bits per heavy atom. The summed E-state index contributed by atoms with van der Waals surface area (Å²) in [6.45, 7) is 0. The highest BCUT2D eigenvalue weighted by Gasteiger charge is 2.15. The predicted octanol–water partition coefficient (Wildman–Crippen LogP) is 1.83. The third-order valence-electron chi connectivity index (χ3n) is 1.83. The van der Waals surface area contributed by atoms with Crippen LogP contribution in [0.2, 0.25) is 5.02 Å². The normalized spacial score (nSPS) is 10.2. The molecule has 6 nitrogen and oxygen atoms in total. The molecular formula is C8H5ClN4O2. The van der Waals surface area contributed by atoms with Gasteiger partial charge < -0.3 is 0 Å². The molecule has 0 fully saturated rings. The minimum atomic E-state index is -0.499. The standard InChI is InChI=1S/C8H5ClN4O2/c9-6-1-2-7(8(3-6)13(14)15)12-4-10-11-5-12/h1-5H. The van der Waals surface area contributed by atoms with Gasteiger partial charge in [0.15, 0.2) is 0 Å². The van der Waals surface area contributed by atoms with Crippen molar-refractivity contribution in [1.29, 1.82) is 0 Å². The Morgan fingerprint density at radius 3 is 2.60 bits per heavy atom. The van der Waals surface area contributed by atoms with Gasteiger partial charge in [0.25, 0.3) is 5.69 Å². The van der Waals surface area contributed by atoms with Crippen molar-refractivity contribution in [3.63, 3.8) is 0 Å². The number of rotatable bonds is 2. The first-order chi connectivity index (χ1) is 7.18. The second-order valence-electron chi connectivity index (χ2n) is 2.76. The largest absolute Gasteiger partial charge is 0.294 e. The quantitative estimate of drug-likeness (QED) is 0.576. The van der Waals surface area contributed by atoms with E-state index in [0.717, 1.165) is 0 Å². The highest BCUT2D eigenvalue weighted by atomic mass is 35.5. The van der Waals surface area contributed by atoms with Crippen LogP contribution in [0.1, 0.15) is 0 Å². The monoisotopic (exact) mass is 224 g/mol. The molecular weight excluding hydrogens is 220 g/mol. The van der Waals surface area contributed by atoms with Gasteiger partial charge >= 0.3 is 0 Å². The van der Waals surface area contributed by atoms with Crippen LogP contribution in [0.4, 0.5) is 5.69 Å². The summed E-state index contributed by atoms with van der Waals surface area (Å²) in [5.74, 6) is 0. The molecule has 0 saturated heterocycles. The van der Waals surface area contributed by atoms with Gasteiger partial charge in [0.05, 0.1) is 4.92 Å². The number of nitro benzene ring substituents is 1. The molecule has 0 bridgehead atoms. The van der Waals surface area contributed by atoms with Crippen molar-refractivity contribution < 1.29 is 4.92 Å². The maximum Gasteiger partial charge on any atom is 0.294 e. The minimum Gasteiger partial charge on any atom is -0.282 e. The lowest BCUT2D eigenvalue weighted by molar-refractivity contribution is -0.384. The second-order valence-corrected chi connectivity index (χ2v) is 3.20. The fourth-order valence-corrected chi connectivity index (χ4v) is 1.35. The molecule has 1 aromatic carbocycles. The maximum absolute atomic E-state index is 10.8. The fraction of sp³-hybridized carbons (Fsp3) is 0. The van der Waals surface area contributed by atoms with Crippen molar-refractivity contribution in [3.05, 3.63) is 46.0 Å². The van der Waals surface area contributed by atoms with Gasteiger partial charge in [0.1, 0.15) is 18.3 Å². The maximum atomic E-state index is 10.8. The van der Waals surface area contributed by atoms with Crippen LogP contribution in [0.3, 0.4) is 0 Å². The second kappa shape index (κ2) is 3.66. The van der Waals surface area contributed by atoms with Crippen LogP contribution in [0.15, 0.2) is 30.9 Å². The Labute approximate surface area is 89.3 Å². The van der Waals surface area contributed by atoms with Crippen LogP contribution >= 0.6 is 11.6 Å². The van der Waals surface area contributed by atoms with Crippen molar-refractivity contribution >= 4 is 17.3 Å². The first kappa shape index (κ1) is 9.60. The number of hydrogen-bond acceptors (Lipinski definition) is 4. The van der Waals surface area contributed by atoms with Crippen LogP contribution in [0, 0.1) is 10.1 Å². The van der Waals surface area contributed by atoms with Gasteiger partial charge in [0.2, 0.25) is 0 Å². The fourth-order valence-electron chi connectivity index (χ4n) is 1.19. The summed E-state index contributed by atoms with van der Waals surface area (Å²) in [7, 11) is 0. The molecule has 7 heteroatoms. The van der Waals surface area contributed by atoms with Crippen molar-refractivity contribution in [2.75, 3.05) is 0 Å². The summed E-state index contributed by atoms with van der Waals surface area (Å²) < 4.78 is 1.45. The molecule has 0 spiro atoms. The van der Waals surface area contributed by atoms with E-state index in [1.54, 1.807) is 12.1 Å². The smallest absolute Gasteiger partial charge is 0.282 e. The van der Waals surface area contributed by atoms with Gasteiger partial charge in [-0.2, -0.15) is 0 Å². The van der Waals surface area contributed by atoms with Gasteiger partial charge in [-0.25, -0.2) is 0 Å². The molecule has 0 aliphatic carbocycles. The van der Waals surface area contributed by atoms with E-state index >= 15 is 0 Å². The number of nitrogens with zero attached hydrogens (tertiary/aromatic N) is 4. The average molecular weight is 225 g/mol. The number of halogens is 1. The molecule has 15 heavy (non-hydrogen) atoms. The zero-order chi connectivity index (χ0) is 10.8. The van der Waals surface area contributed by atoms with E-state index in [4.69, 9.17) is 11.6 Å². The molecule has 0 amide bonds. The highest BCUT2D eigenvalue weighted by molar-refractivity contribution is 6.30. The molecule has 2 rings (SSSR count). The third kappa shape index (κ3) is 1.79. The van der Waals surface area contributed by atoms with Crippen LogP contribution in [0.5, 0.6) is 0 Å². The van der Waals surface area contributed by atoms with Gasteiger partial charge in [-0.1, -0.05) is 11.6 Å². The van der Waals surface area contributed by atoms with Gasteiger partial charge in [0, 0.05) is 11.1 Å². The molecule has 0 N–H and O–H groups in total. The van der Waals surface area contributed by atoms with Crippen LogP contribution in [0.25, 0.3) is 5.69 Å². The zero-order valence-electron chi connectivity index (χ0n) is 7.37. The third-order valence-corrected chi connectivity index (χ3v) is 2.07. The Morgan fingerprint density at radius 1 is 1.33 bits per heavy atom. The molecule has 76 valence electrons. The van der Waals surface area contributed by atoms with Crippen molar-refractivity contribution in [1.82, 2.24) is 14.8 Å². The number of benzene rings is 1. The van der Waals surface area contributed by atoms with Crippen LogP contribution in [-0.2, 0) is 0 Å². The molecule has 0 unspecified atom stereocenters. The molecule has 0 aliphatic rings. The lowest BCUT2D eigenvalue weighted by Gasteiger charge is -2.02. The van der Waals surface area contributed by atoms with E-state index in [9.17, 15) is 10.1 Å². The summed E-state index contributed by atoms with van der Waals surface area (Å²) in [5, 5.41) is 18.2. The lowest BCUT2D eigenvalue weighted by atomic mass is 10.2. The van der Waals surface area contributed by atoms with E-state index in [0.29, 0.717) is 10.7 Å². The summed E-state index contributed by atoms with van der Waals surface area (Å²) in [5.41, 5.74) is 0.303. The Balaban J connectivity index is 2.61. The van der Waals surface area contributed by atoms with Gasteiger partial charge in [-0.3, -0.25) is 14.7 Å². The van der Waals surface area contributed by atoms with E-state index in [-0.39, 0.29) is 5.69 Å². The van der Waals surface area contributed by atoms with E-state index < -0.39 is 4.92 Å². The Bertz CT molecular complexity index is 497. The van der Waals surface area contributed by atoms with Crippen LogP contribution < -0.4 is 0 Å². The Kier molecular flexibility index (Phi) is 2.34. The van der Waals surface area contributed by atoms with Crippen molar-refractivity contribution in [3.8, 4) is 5.69 Å². The molecule has 0 aliphatic heterocycles. The molecule has 1 aromatic heterocycles. The summed E-state index contributed by atoms with van der Waals surface area (Å²) in [4.78, 5) is 10.3. The van der Waals surface area contributed by atoms with Crippen molar-refractivity contribution in [2.24, 2.45) is 0 Å². The average Bonchev–Trinajstić information content (AvgIpc) is 2.70. The van der Waals surface area contributed by atoms with E-state index in [2.05, 4.69) is 10.2 Å². The summed E-state index contributed by atoms with van der Waals surface area (Å²) in [6.07, 6.45) is 2.77. The van der Waals surface area contributed by atoms with Crippen molar-refractivity contribution in [2.45, 2.75) is 0 Å². The summed E-state index contributed by atoms with van der Waals surface area (Å²) >= 11 is 5.68. The highest BCUT2D eigenvalue weighted by Crippen LogP contribution is 2.25. The number of aromatic nitrogens is 3. The Hall–Kier alpha value is -1.95. The summed E-state index contributed by atoms with van der Waals surface area (Å²) in [6, 6.07) is 4.41. The van der Waals surface area contributed by atoms with E-state index in [1.165, 1.54) is 23.3 Å². The SMILES string of the molecule is O=[N+]([O-])c1cc(Cl)ccc1-n1cnnc1. The molecule has 0 radical (unpaired) electrons. The first-order valence-electron chi connectivity index (χ1n) is 3.97. The van der Waals surface area contributed by atoms with E-state index in [1.807, 2.05) is 0 Å². The van der Waals surface area contributed by atoms with Gasteiger partial charge in [-0.15, -0.1) is 10.2 Å². The van der Waals surface area contributed by atoms with Crippen LogP contribution in [-0.4, -0.2) is 19.7 Å². The topological polar surface area (TPSA) is 73.8 Å². The zero-order valence-corrected chi connectivity index (χ0v) is 8.13. The molecule has 0 atom stereocenters. The molecule has 1 heterocycles. The van der Waals surface area contributed by atoms with Gasteiger partial charge in [-0.05, 0) is 12.1 Å². The predicted molar refractivity (Wildman–Crippen MR) is 53.0 cm³/mol. The minimum absolute atomic E-state index is 0.0812. The lowest BCUT2D eigenvalue weighted by Crippen LogP contribution is -1.97. The molecule has 0 saturated carbocycles. The first-order valence-corrected chi connectivity index (χ1v) is 4.35. The number of nitro groups is 1. The number of hydrogen-bond donors (Lipinski definition) is 0. The molecule has 2 aromatic rings.